The van der Waals surface area contributed by atoms with Crippen molar-refractivity contribution < 1.29 is 13.2 Å². The molecule has 3 aromatic carbocycles. The number of amides is 1. The van der Waals surface area contributed by atoms with E-state index >= 15 is 0 Å². The van der Waals surface area contributed by atoms with Crippen LogP contribution in [-0.2, 0) is 14.8 Å². The third-order valence-corrected chi connectivity index (χ3v) is 9.46. The Labute approximate surface area is 236 Å². The van der Waals surface area contributed by atoms with Crippen LogP contribution < -0.4 is 10.9 Å². The zero-order chi connectivity index (χ0) is 28.4. The van der Waals surface area contributed by atoms with E-state index in [1.807, 2.05) is 66.9 Å². The van der Waals surface area contributed by atoms with Gasteiger partial charge in [0.2, 0.25) is 15.9 Å². The molecule has 10 heteroatoms. The van der Waals surface area contributed by atoms with Crippen molar-refractivity contribution in [3.63, 3.8) is 0 Å². The van der Waals surface area contributed by atoms with E-state index in [0.717, 1.165) is 26.6 Å². The summed E-state index contributed by atoms with van der Waals surface area (Å²) in [6.45, 7) is 1.82. The van der Waals surface area contributed by atoms with Crippen LogP contribution in [0.5, 0.6) is 0 Å². The maximum absolute atomic E-state index is 13.7. The quantitative estimate of drug-likeness (QED) is 0.260. The number of nitrogens with one attached hydrogen (secondary N) is 1. The number of benzene rings is 3. The Hall–Kier alpha value is -4.12. The largest absolute Gasteiger partial charge is 0.324 e. The minimum absolute atomic E-state index is 0.121. The Morgan fingerprint density at radius 2 is 1.57 bits per heavy atom. The minimum Gasteiger partial charge on any atom is -0.324 e. The van der Waals surface area contributed by atoms with E-state index in [-0.39, 0.29) is 10.5 Å². The average Bonchev–Trinajstić information content (AvgIpc) is 3.40. The van der Waals surface area contributed by atoms with Crippen molar-refractivity contribution >= 4 is 43.2 Å². The van der Waals surface area contributed by atoms with Gasteiger partial charge in [-0.3, -0.25) is 14.2 Å². The summed E-state index contributed by atoms with van der Waals surface area (Å²) in [4.78, 5) is 32.2. The van der Waals surface area contributed by atoms with Crippen LogP contribution in [0.1, 0.15) is 19.4 Å². The number of rotatable bonds is 8. The standard InChI is InChI=1S/C30H28N4O4S2/c1-4-26(28(35)32-23-14-16-24(17-15-23)40(37,38)33(2)3)34-19-31-29-27(30(34)36)25(18-39-29)22-12-10-21(11-13-22)20-8-6-5-7-9-20/h5-19,26H,4H2,1-3H3,(H,32,35). The number of sulfonamides is 1. The summed E-state index contributed by atoms with van der Waals surface area (Å²) >= 11 is 1.39. The maximum Gasteiger partial charge on any atom is 0.263 e. The summed E-state index contributed by atoms with van der Waals surface area (Å²) in [7, 11) is -0.670. The Morgan fingerprint density at radius 3 is 2.20 bits per heavy atom. The molecule has 5 aromatic rings. The van der Waals surface area contributed by atoms with Crippen LogP contribution >= 0.6 is 11.3 Å². The van der Waals surface area contributed by atoms with Gasteiger partial charge in [-0.25, -0.2) is 17.7 Å². The molecule has 0 fully saturated rings. The monoisotopic (exact) mass is 572 g/mol. The van der Waals surface area contributed by atoms with Crippen LogP contribution in [0.4, 0.5) is 5.69 Å². The average molecular weight is 573 g/mol. The lowest BCUT2D eigenvalue weighted by molar-refractivity contribution is -0.119. The molecule has 0 saturated heterocycles. The fourth-order valence-electron chi connectivity index (χ4n) is 4.51. The second-order valence-electron chi connectivity index (χ2n) is 9.46. The number of carbonyl (C=O) groups excluding carboxylic acids is 1. The maximum atomic E-state index is 13.7. The summed E-state index contributed by atoms with van der Waals surface area (Å²) in [6, 6.07) is 23.2. The van der Waals surface area contributed by atoms with Crippen molar-refractivity contribution in [3.05, 3.63) is 101 Å². The molecule has 1 N–H and O–H groups in total. The highest BCUT2D eigenvalue weighted by Crippen LogP contribution is 2.32. The van der Waals surface area contributed by atoms with Crippen molar-refractivity contribution in [3.8, 4) is 22.3 Å². The summed E-state index contributed by atoms with van der Waals surface area (Å²) in [5.74, 6) is -0.391. The third kappa shape index (κ3) is 5.21. The second kappa shape index (κ2) is 11.2. The molecule has 0 aliphatic carbocycles. The Bertz CT molecular complexity index is 1830. The fraction of sp³-hybridized carbons (Fsp3) is 0.167. The normalized spacial score (nSPS) is 12.5. The zero-order valence-corrected chi connectivity index (χ0v) is 23.9. The van der Waals surface area contributed by atoms with Crippen molar-refractivity contribution in [2.75, 3.05) is 19.4 Å². The highest BCUT2D eigenvalue weighted by Gasteiger charge is 2.23. The zero-order valence-electron chi connectivity index (χ0n) is 22.2. The first kappa shape index (κ1) is 27.4. The van der Waals surface area contributed by atoms with E-state index in [9.17, 15) is 18.0 Å². The Morgan fingerprint density at radius 1 is 0.950 bits per heavy atom. The summed E-state index contributed by atoms with van der Waals surface area (Å²) in [6.07, 6.45) is 1.78. The Balaban J connectivity index is 1.43. The van der Waals surface area contributed by atoms with Crippen LogP contribution in [0.2, 0.25) is 0 Å². The number of anilines is 1. The molecule has 2 heterocycles. The fourth-order valence-corrected chi connectivity index (χ4v) is 6.32. The number of aromatic nitrogens is 2. The van der Waals surface area contributed by atoms with Gasteiger partial charge in [-0.2, -0.15) is 0 Å². The van der Waals surface area contributed by atoms with Gasteiger partial charge in [0.15, 0.2) is 0 Å². The highest BCUT2D eigenvalue weighted by atomic mass is 32.2. The molecule has 1 amide bonds. The number of hydrogen-bond donors (Lipinski definition) is 1. The first-order valence-corrected chi connectivity index (χ1v) is 15.0. The smallest absolute Gasteiger partial charge is 0.263 e. The SMILES string of the molecule is CCC(C(=O)Nc1ccc(S(=O)(=O)N(C)C)cc1)n1cnc2scc(-c3ccc(-c4ccccc4)cc3)c2c1=O. The van der Waals surface area contributed by atoms with Gasteiger partial charge in [-0.05, 0) is 47.4 Å². The molecule has 1 unspecified atom stereocenters. The molecule has 2 aromatic heterocycles. The number of nitrogens with zero attached hydrogens (tertiary/aromatic N) is 3. The van der Waals surface area contributed by atoms with Gasteiger partial charge >= 0.3 is 0 Å². The summed E-state index contributed by atoms with van der Waals surface area (Å²) < 4.78 is 27.2. The predicted octanol–water partition coefficient (Wildman–Crippen LogP) is 5.63. The van der Waals surface area contributed by atoms with Crippen molar-refractivity contribution in [1.29, 1.82) is 0 Å². The van der Waals surface area contributed by atoms with E-state index in [2.05, 4.69) is 10.3 Å². The van der Waals surface area contributed by atoms with E-state index in [0.29, 0.717) is 22.3 Å². The molecular weight excluding hydrogens is 544 g/mol. The van der Waals surface area contributed by atoms with Gasteiger partial charge in [0.25, 0.3) is 5.56 Å². The van der Waals surface area contributed by atoms with E-state index in [1.54, 1.807) is 0 Å². The first-order valence-electron chi connectivity index (χ1n) is 12.7. The summed E-state index contributed by atoms with van der Waals surface area (Å²) in [5.41, 5.74) is 4.00. The molecule has 5 rings (SSSR count). The molecule has 40 heavy (non-hydrogen) atoms. The number of hydrogen-bond acceptors (Lipinski definition) is 6. The van der Waals surface area contributed by atoms with Gasteiger partial charge < -0.3 is 5.32 Å². The van der Waals surface area contributed by atoms with Gasteiger partial charge in [-0.15, -0.1) is 11.3 Å². The molecule has 0 radical (unpaired) electrons. The van der Waals surface area contributed by atoms with Crippen LogP contribution in [0.3, 0.4) is 0 Å². The van der Waals surface area contributed by atoms with Gasteiger partial charge in [0.1, 0.15) is 10.9 Å². The van der Waals surface area contributed by atoms with E-state index < -0.39 is 22.0 Å². The molecule has 204 valence electrons. The predicted molar refractivity (Wildman–Crippen MR) is 160 cm³/mol. The lowest BCUT2D eigenvalue weighted by atomic mass is 10.0. The third-order valence-electron chi connectivity index (χ3n) is 6.75. The van der Waals surface area contributed by atoms with E-state index in [4.69, 9.17) is 0 Å². The molecule has 0 saturated carbocycles. The molecule has 0 aliphatic rings. The van der Waals surface area contributed by atoms with Crippen LogP contribution in [0, 0.1) is 0 Å². The van der Waals surface area contributed by atoms with E-state index in [1.165, 1.54) is 60.6 Å². The van der Waals surface area contributed by atoms with Gasteiger partial charge in [0.05, 0.1) is 16.6 Å². The lowest BCUT2D eigenvalue weighted by Gasteiger charge is -2.18. The van der Waals surface area contributed by atoms with Crippen LogP contribution in [0.25, 0.3) is 32.5 Å². The molecule has 0 aliphatic heterocycles. The second-order valence-corrected chi connectivity index (χ2v) is 12.5. The number of thiophene rings is 1. The minimum atomic E-state index is -3.58. The number of fused-ring (bicyclic) bond motifs is 1. The van der Waals surface area contributed by atoms with Gasteiger partial charge in [-0.1, -0.05) is 61.5 Å². The topological polar surface area (TPSA) is 101 Å². The van der Waals surface area contributed by atoms with Crippen LogP contribution in [-0.4, -0.2) is 42.3 Å². The molecule has 8 nitrogen and oxygen atoms in total. The van der Waals surface area contributed by atoms with Crippen LogP contribution in [0.15, 0.2) is 100 Å². The Kier molecular flexibility index (Phi) is 7.66. The lowest BCUT2D eigenvalue weighted by Crippen LogP contribution is -2.33. The molecule has 0 spiro atoms. The highest BCUT2D eigenvalue weighted by molar-refractivity contribution is 7.89. The summed E-state index contributed by atoms with van der Waals surface area (Å²) in [5, 5.41) is 5.20. The first-order chi connectivity index (χ1) is 19.2. The van der Waals surface area contributed by atoms with Gasteiger partial charge in [0, 0.05) is 30.7 Å². The van der Waals surface area contributed by atoms with Crippen molar-refractivity contribution in [1.82, 2.24) is 13.9 Å². The van der Waals surface area contributed by atoms with Crippen molar-refractivity contribution in [2.45, 2.75) is 24.3 Å². The molecule has 0 bridgehead atoms. The number of carbonyl (C=O) groups is 1. The molecule has 1 atom stereocenters. The molecular formula is C30H28N4O4S2. The van der Waals surface area contributed by atoms with Crippen molar-refractivity contribution in [2.24, 2.45) is 0 Å².